The molecule has 13 heavy (non-hydrogen) atoms. The molecular weight excluding hydrogens is 210 g/mol. The smallest absolute Gasteiger partial charge is 0.330 e. The summed E-state index contributed by atoms with van der Waals surface area (Å²) < 4.78 is 51.9. The van der Waals surface area contributed by atoms with Gasteiger partial charge in [-0.1, -0.05) is 12.2 Å². The predicted molar refractivity (Wildman–Crippen MR) is 43.2 cm³/mol. The Morgan fingerprint density at radius 2 is 2.00 bits per heavy atom. The van der Waals surface area contributed by atoms with Crippen molar-refractivity contribution in [2.75, 3.05) is 6.61 Å². The number of halogens is 4. The van der Waals surface area contributed by atoms with Crippen LogP contribution in [0.4, 0.5) is 17.6 Å². The van der Waals surface area contributed by atoms with E-state index in [-0.39, 0.29) is 4.99 Å². The number of alkyl halides is 4. The van der Waals surface area contributed by atoms with Crippen LogP contribution in [0.25, 0.3) is 0 Å². The van der Waals surface area contributed by atoms with Crippen LogP contribution in [0.2, 0.25) is 0 Å². The van der Waals surface area contributed by atoms with Crippen molar-refractivity contribution in [1.29, 1.82) is 0 Å². The van der Waals surface area contributed by atoms with Gasteiger partial charge in [-0.25, -0.2) is 8.78 Å². The molecule has 0 saturated carbocycles. The minimum atomic E-state index is -4.15. The molecule has 0 amide bonds. The van der Waals surface area contributed by atoms with Crippen LogP contribution in [0.5, 0.6) is 0 Å². The van der Waals surface area contributed by atoms with Crippen molar-refractivity contribution in [3.05, 3.63) is 0 Å². The average molecular weight is 219 g/mol. The molecule has 2 nitrogen and oxygen atoms in total. The molecular formula is C6H9F4NOS. The van der Waals surface area contributed by atoms with E-state index in [0.29, 0.717) is 0 Å². The van der Waals surface area contributed by atoms with Crippen LogP contribution < -0.4 is 5.73 Å². The molecule has 7 heteroatoms. The van der Waals surface area contributed by atoms with Crippen molar-refractivity contribution in [1.82, 2.24) is 0 Å². The standard InChI is InChI=1S/C6H9F4NOS/c1-3(4(11)13)12-2-6(9,10)5(7)8/h3,5H,2H2,1H3,(H2,11,13). The molecule has 1 unspecified atom stereocenters. The summed E-state index contributed by atoms with van der Waals surface area (Å²) in [6.07, 6.45) is -4.68. The molecule has 1 atom stereocenters. The van der Waals surface area contributed by atoms with E-state index in [1.165, 1.54) is 6.92 Å². The first kappa shape index (κ1) is 12.6. The molecule has 0 radical (unpaired) electrons. The van der Waals surface area contributed by atoms with E-state index < -0.39 is 25.1 Å². The Morgan fingerprint density at radius 1 is 1.54 bits per heavy atom. The minimum absolute atomic E-state index is 0.148. The van der Waals surface area contributed by atoms with Gasteiger partial charge in [-0.3, -0.25) is 0 Å². The average Bonchev–Trinajstić information content (AvgIpc) is 1.99. The van der Waals surface area contributed by atoms with E-state index in [0.717, 1.165) is 0 Å². The normalized spacial score (nSPS) is 14.6. The first-order chi connectivity index (χ1) is 5.77. The first-order valence-corrected chi connectivity index (χ1v) is 3.75. The van der Waals surface area contributed by atoms with Gasteiger partial charge in [0.1, 0.15) is 17.7 Å². The number of thiocarbonyl (C=S) groups is 1. The quantitative estimate of drug-likeness (QED) is 0.563. The lowest BCUT2D eigenvalue weighted by Crippen LogP contribution is -2.36. The topological polar surface area (TPSA) is 35.2 Å². The summed E-state index contributed by atoms with van der Waals surface area (Å²) in [5, 5.41) is 0. The fraction of sp³-hybridized carbons (Fsp3) is 0.833. The lowest BCUT2D eigenvalue weighted by atomic mass is 10.3. The monoisotopic (exact) mass is 219 g/mol. The van der Waals surface area contributed by atoms with E-state index in [9.17, 15) is 17.6 Å². The Morgan fingerprint density at radius 3 is 2.31 bits per heavy atom. The van der Waals surface area contributed by atoms with Gasteiger partial charge in [-0.2, -0.15) is 8.78 Å². The van der Waals surface area contributed by atoms with Crippen molar-refractivity contribution >= 4 is 17.2 Å². The van der Waals surface area contributed by atoms with Crippen molar-refractivity contribution in [3.8, 4) is 0 Å². The lowest BCUT2D eigenvalue weighted by molar-refractivity contribution is -0.169. The maximum atomic E-state index is 12.2. The molecule has 2 N–H and O–H groups in total. The zero-order valence-electron chi connectivity index (χ0n) is 6.77. The van der Waals surface area contributed by atoms with Crippen LogP contribution in [0.3, 0.4) is 0 Å². The van der Waals surface area contributed by atoms with E-state index in [4.69, 9.17) is 5.73 Å². The van der Waals surface area contributed by atoms with Crippen LogP contribution in [-0.2, 0) is 4.74 Å². The first-order valence-electron chi connectivity index (χ1n) is 3.34. The molecule has 0 saturated heterocycles. The summed E-state index contributed by atoms with van der Waals surface area (Å²) in [4.78, 5) is -0.148. The second kappa shape index (κ2) is 4.71. The van der Waals surface area contributed by atoms with Gasteiger partial charge in [0.15, 0.2) is 0 Å². The molecule has 0 bridgehead atoms. The third-order valence-corrected chi connectivity index (χ3v) is 1.58. The Labute approximate surface area is 78.0 Å². The summed E-state index contributed by atoms with van der Waals surface area (Å²) >= 11 is 4.39. The molecule has 0 aliphatic carbocycles. The number of ether oxygens (including phenoxy) is 1. The summed E-state index contributed by atoms with van der Waals surface area (Å²) in [5.41, 5.74) is 5.02. The molecule has 0 heterocycles. The van der Waals surface area contributed by atoms with Gasteiger partial charge in [0.05, 0.1) is 0 Å². The van der Waals surface area contributed by atoms with Gasteiger partial charge < -0.3 is 10.5 Å². The fourth-order valence-electron chi connectivity index (χ4n) is 0.381. The molecule has 78 valence electrons. The van der Waals surface area contributed by atoms with E-state index in [1.54, 1.807) is 0 Å². The van der Waals surface area contributed by atoms with Gasteiger partial charge in [0.25, 0.3) is 0 Å². The second-order valence-electron chi connectivity index (χ2n) is 2.42. The third-order valence-electron chi connectivity index (χ3n) is 1.25. The van der Waals surface area contributed by atoms with E-state index in [2.05, 4.69) is 17.0 Å². The maximum Gasteiger partial charge on any atom is 0.330 e. The summed E-state index contributed by atoms with van der Waals surface area (Å²) in [5.74, 6) is -4.15. The van der Waals surface area contributed by atoms with Crippen molar-refractivity contribution in [2.45, 2.75) is 25.4 Å². The van der Waals surface area contributed by atoms with Gasteiger partial charge in [0.2, 0.25) is 0 Å². The van der Waals surface area contributed by atoms with Crippen LogP contribution in [-0.4, -0.2) is 30.0 Å². The van der Waals surface area contributed by atoms with Gasteiger partial charge in [-0.15, -0.1) is 0 Å². The Kier molecular flexibility index (Phi) is 4.55. The number of hydrogen-bond acceptors (Lipinski definition) is 2. The van der Waals surface area contributed by atoms with Crippen LogP contribution in [0, 0.1) is 0 Å². The Balaban J connectivity index is 3.95. The summed E-state index contributed by atoms with van der Waals surface area (Å²) in [6.45, 7) is -0.0763. The molecule has 0 spiro atoms. The number of hydrogen-bond donors (Lipinski definition) is 1. The highest BCUT2D eigenvalue weighted by atomic mass is 32.1. The molecule has 0 aromatic rings. The Bertz CT molecular complexity index is 187. The zero-order chi connectivity index (χ0) is 10.6. The SMILES string of the molecule is CC(OCC(F)(F)C(F)F)C(N)=S. The highest BCUT2D eigenvalue weighted by Crippen LogP contribution is 2.23. The maximum absolute atomic E-state index is 12.2. The van der Waals surface area contributed by atoms with E-state index in [1.807, 2.05) is 0 Å². The largest absolute Gasteiger partial charge is 0.391 e. The highest BCUT2D eigenvalue weighted by Gasteiger charge is 2.41. The van der Waals surface area contributed by atoms with Crippen molar-refractivity contribution in [2.24, 2.45) is 5.73 Å². The van der Waals surface area contributed by atoms with Gasteiger partial charge in [-0.05, 0) is 6.92 Å². The van der Waals surface area contributed by atoms with E-state index >= 15 is 0 Å². The predicted octanol–water partition coefficient (Wildman–Crippen LogP) is 1.58. The zero-order valence-corrected chi connectivity index (χ0v) is 7.58. The van der Waals surface area contributed by atoms with Gasteiger partial charge >= 0.3 is 12.3 Å². The lowest BCUT2D eigenvalue weighted by Gasteiger charge is -2.18. The summed E-state index contributed by atoms with van der Waals surface area (Å²) in [7, 11) is 0. The molecule has 0 rings (SSSR count). The fourth-order valence-corrected chi connectivity index (χ4v) is 0.449. The number of rotatable bonds is 5. The van der Waals surface area contributed by atoms with Gasteiger partial charge in [0, 0.05) is 0 Å². The molecule has 0 aliphatic rings. The third kappa shape index (κ3) is 4.37. The highest BCUT2D eigenvalue weighted by molar-refractivity contribution is 7.80. The molecule has 0 fully saturated rings. The van der Waals surface area contributed by atoms with Crippen molar-refractivity contribution < 1.29 is 22.3 Å². The number of nitrogens with two attached hydrogens (primary N) is 1. The van der Waals surface area contributed by atoms with Crippen molar-refractivity contribution in [3.63, 3.8) is 0 Å². The molecule has 0 aromatic heterocycles. The molecule has 0 aliphatic heterocycles. The van der Waals surface area contributed by atoms with Crippen LogP contribution >= 0.6 is 12.2 Å². The second-order valence-corrected chi connectivity index (χ2v) is 2.89. The van der Waals surface area contributed by atoms with Crippen LogP contribution in [0.1, 0.15) is 6.92 Å². The minimum Gasteiger partial charge on any atom is -0.391 e. The Hall–Kier alpha value is -0.430. The molecule has 0 aromatic carbocycles. The van der Waals surface area contributed by atoms with Crippen LogP contribution in [0.15, 0.2) is 0 Å². The summed E-state index contributed by atoms with van der Waals surface area (Å²) in [6, 6.07) is 0.